The Hall–Kier alpha value is -1.12. The monoisotopic (exact) mass is 225 g/mol. The number of carbonyl (C=O) groups excluding carboxylic acids is 1. The second-order valence-electron chi connectivity index (χ2n) is 3.86. The molecule has 1 rings (SSSR count). The highest BCUT2D eigenvalue weighted by Gasteiger charge is 2.14. The van der Waals surface area contributed by atoms with Gasteiger partial charge in [-0.1, -0.05) is 0 Å². The van der Waals surface area contributed by atoms with Crippen LogP contribution in [0, 0.1) is 11.3 Å². The first-order chi connectivity index (χ1) is 7.83. The van der Waals surface area contributed by atoms with E-state index in [-0.39, 0.29) is 5.91 Å². The maximum atomic E-state index is 11.2. The molecule has 0 aromatic heterocycles. The Morgan fingerprint density at radius 2 is 2.38 bits per heavy atom. The van der Waals surface area contributed by atoms with Crippen molar-refractivity contribution in [2.45, 2.75) is 31.8 Å². The fourth-order valence-electron chi connectivity index (χ4n) is 1.66. The number of amides is 1. The second-order valence-corrected chi connectivity index (χ2v) is 3.86. The van der Waals surface area contributed by atoms with Gasteiger partial charge in [0, 0.05) is 13.2 Å². The maximum Gasteiger partial charge on any atom is 0.233 e. The highest BCUT2D eigenvalue weighted by Crippen LogP contribution is 2.14. The molecule has 1 saturated heterocycles. The molecule has 1 heterocycles. The zero-order valence-electron chi connectivity index (χ0n) is 9.50. The van der Waals surface area contributed by atoms with E-state index in [0.29, 0.717) is 25.6 Å². The normalized spacial score (nSPS) is 19.3. The number of nitrogens with zero attached hydrogens (tertiary/aromatic N) is 1. The van der Waals surface area contributed by atoms with Crippen LogP contribution >= 0.6 is 0 Å². The average Bonchev–Trinajstić information content (AvgIpc) is 2.78. The van der Waals surface area contributed by atoms with Crippen LogP contribution in [0.25, 0.3) is 0 Å². The van der Waals surface area contributed by atoms with Gasteiger partial charge in [-0.25, -0.2) is 0 Å². The van der Waals surface area contributed by atoms with Crippen LogP contribution in [0.3, 0.4) is 0 Å². The third kappa shape index (κ3) is 5.69. The molecule has 90 valence electrons. The molecule has 1 amide bonds. The van der Waals surface area contributed by atoms with Crippen LogP contribution in [-0.4, -0.2) is 38.3 Å². The van der Waals surface area contributed by atoms with E-state index in [1.807, 2.05) is 6.07 Å². The summed E-state index contributed by atoms with van der Waals surface area (Å²) in [5.41, 5.74) is 0. The highest BCUT2D eigenvalue weighted by molar-refractivity contribution is 5.77. The molecule has 16 heavy (non-hydrogen) atoms. The molecule has 1 aliphatic rings. The fourth-order valence-corrected chi connectivity index (χ4v) is 1.66. The number of ether oxygens (including phenoxy) is 1. The number of carbonyl (C=O) groups is 1. The number of nitrogens with one attached hydrogen (secondary N) is 2. The third-order valence-corrected chi connectivity index (χ3v) is 2.51. The van der Waals surface area contributed by atoms with E-state index in [0.717, 1.165) is 32.4 Å². The second kappa shape index (κ2) is 8.08. The van der Waals surface area contributed by atoms with Crippen LogP contribution in [-0.2, 0) is 9.53 Å². The van der Waals surface area contributed by atoms with Gasteiger partial charge < -0.3 is 15.4 Å². The molecule has 1 fully saturated rings. The lowest BCUT2D eigenvalue weighted by Crippen LogP contribution is -2.35. The predicted octanol–water partition coefficient (Wildman–Crippen LogP) is 0.175. The van der Waals surface area contributed by atoms with Crippen LogP contribution < -0.4 is 10.6 Å². The van der Waals surface area contributed by atoms with Crippen molar-refractivity contribution in [2.24, 2.45) is 0 Å². The molecule has 0 spiro atoms. The summed E-state index contributed by atoms with van der Waals surface area (Å²) in [6, 6.07) is 1.98. The lowest BCUT2D eigenvalue weighted by molar-refractivity contribution is -0.120. The predicted molar refractivity (Wildman–Crippen MR) is 59.7 cm³/mol. The summed E-state index contributed by atoms with van der Waals surface area (Å²) in [6.07, 6.45) is 3.98. The van der Waals surface area contributed by atoms with Gasteiger partial charge in [-0.3, -0.25) is 4.79 Å². The van der Waals surface area contributed by atoms with E-state index < -0.39 is 0 Å². The molecule has 0 radical (unpaired) electrons. The SMILES string of the molecule is N#CCCNC(=O)CNCCC1CCCO1. The van der Waals surface area contributed by atoms with Crippen LogP contribution in [0.5, 0.6) is 0 Å². The Morgan fingerprint density at radius 3 is 3.06 bits per heavy atom. The summed E-state index contributed by atoms with van der Waals surface area (Å²) in [7, 11) is 0. The van der Waals surface area contributed by atoms with Gasteiger partial charge in [-0.2, -0.15) is 5.26 Å². The molecule has 0 aromatic rings. The van der Waals surface area contributed by atoms with Gasteiger partial charge in [0.25, 0.3) is 0 Å². The van der Waals surface area contributed by atoms with Crippen molar-refractivity contribution in [3.8, 4) is 6.07 Å². The van der Waals surface area contributed by atoms with Crippen molar-refractivity contribution < 1.29 is 9.53 Å². The quantitative estimate of drug-likeness (QED) is 0.606. The Balaban J connectivity index is 1.90. The average molecular weight is 225 g/mol. The number of hydrogen-bond acceptors (Lipinski definition) is 4. The van der Waals surface area contributed by atoms with Crippen molar-refractivity contribution in [3.63, 3.8) is 0 Å². The molecule has 1 unspecified atom stereocenters. The van der Waals surface area contributed by atoms with Crippen molar-refractivity contribution in [1.29, 1.82) is 5.26 Å². The fraction of sp³-hybridized carbons (Fsp3) is 0.818. The molecule has 0 saturated carbocycles. The van der Waals surface area contributed by atoms with Gasteiger partial charge in [0.1, 0.15) is 0 Å². The molecular weight excluding hydrogens is 206 g/mol. The Bertz CT molecular complexity index is 244. The zero-order chi connectivity index (χ0) is 11.6. The van der Waals surface area contributed by atoms with Gasteiger partial charge in [-0.15, -0.1) is 0 Å². The van der Waals surface area contributed by atoms with Gasteiger partial charge in [0.2, 0.25) is 5.91 Å². The third-order valence-electron chi connectivity index (χ3n) is 2.51. The minimum Gasteiger partial charge on any atom is -0.378 e. The van der Waals surface area contributed by atoms with E-state index >= 15 is 0 Å². The van der Waals surface area contributed by atoms with E-state index in [9.17, 15) is 4.79 Å². The Kier molecular flexibility index (Phi) is 6.54. The van der Waals surface area contributed by atoms with Crippen LogP contribution in [0.4, 0.5) is 0 Å². The minimum absolute atomic E-state index is 0.0532. The highest BCUT2D eigenvalue weighted by atomic mass is 16.5. The summed E-state index contributed by atoms with van der Waals surface area (Å²) in [5.74, 6) is -0.0532. The molecular formula is C11H19N3O2. The molecule has 1 aliphatic heterocycles. The topological polar surface area (TPSA) is 74.2 Å². The first-order valence-corrected chi connectivity index (χ1v) is 5.79. The standard InChI is InChI=1S/C11H19N3O2/c12-5-2-6-14-11(15)9-13-7-4-10-3-1-8-16-10/h10,13H,1-4,6-9H2,(H,14,15). The van der Waals surface area contributed by atoms with E-state index in [2.05, 4.69) is 10.6 Å². The van der Waals surface area contributed by atoms with E-state index in [4.69, 9.17) is 10.00 Å². The molecule has 0 aromatic carbocycles. The van der Waals surface area contributed by atoms with Crippen LogP contribution in [0.2, 0.25) is 0 Å². The molecule has 2 N–H and O–H groups in total. The smallest absolute Gasteiger partial charge is 0.233 e. The van der Waals surface area contributed by atoms with E-state index in [1.54, 1.807) is 0 Å². The Morgan fingerprint density at radius 1 is 1.50 bits per heavy atom. The molecule has 1 atom stereocenters. The molecule has 5 nitrogen and oxygen atoms in total. The summed E-state index contributed by atoms with van der Waals surface area (Å²) in [4.78, 5) is 11.2. The summed E-state index contributed by atoms with van der Waals surface area (Å²) < 4.78 is 5.46. The summed E-state index contributed by atoms with van der Waals surface area (Å²) >= 11 is 0. The van der Waals surface area contributed by atoms with Crippen molar-refractivity contribution in [1.82, 2.24) is 10.6 Å². The number of nitriles is 1. The largest absolute Gasteiger partial charge is 0.378 e. The van der Waals surface area contributed by atoms with Gasteiger partial charge in [0.05, 0.1) is 25.1 Å². The summed E-state index contributed by atoms with van der Waals surface area (Å²) in [6.45, 7) is 2.43. The maximum absolute atomic E-state index is 11.2. The van der Waals surface area contributed by atoms with Gasteiger partial charge >= 0.3 is 0 Å². The lowest BCUT2D eigenvalue weighted by Gasteiger charge is -2.09. The van der Waals surface area contributed by atoms with Gasteiger partial charge in [-0.05, 0) is 25.8 Å². The number of hydrogen-bond donors (Lipinski definition) is 2. The Labute approximate surface area is 96.2 Å². The van der Waals surface area contributed by atoms with Crippen molar-refractivity contribution >= 4 is 5.91 Å². The van der Waals surface area contributed by atoms with Crippen LogP contribution in [0.1, 0.15) is 25.7 Å². The molecule has 5 heteroatoms. The zero-order valence-corrected chi connectivity index (χ0v) is 9.50. The van der Waals surface area contributed by atoms with Gasteiger partial charge in [0.15, 0.2) is 0 Å². The number of rotatable bonds is 7. The first kappa shape index (κ1) is 12.9. The molecule has 0 aliphatic carbocycles. The van der Waals surface area contributed by atoms with Crippen molar-refractivity contribution in [2.75, 3.05) is 26.2 Å². The molecule has 0 bridgehead atoms. The summed E-state index contributed by atoms with van der Waals surface area (Å²) in [5, 5.41) is 14.0. The van der Waals surface area contributed by atoms with Crippen LogP contribution in [0.15, 0.2) is 0 Å². The minimum atomic E-state index is -0.0532. The van der Waals surface area contributed by atoms with Crippen molar-refractivity contribution in [3.05, 3.63) is 0 Å². The lowest BCUT2D eigenvalue weighted by atomic mass is 10.2. The van der Waals surface area contributed by atoms with E-state index in [1.165, 1.54) is 0 Å². The first-order valence-electron chi connectivity index (χ1n) is 5.79.